The number of carbonyl (C=O) groups is 2. The number of alkyl halides is 3. The molecule has 0 radical (unpaired) electrons. The van der Waals surface area contributed by atoms with Gasteiger partial charge in [0.25, 0.3) is 5.78 Å². The third-order valence-electron chi connectivity index (χ3n) is 2.45. The fourth-order valence-corrected chi connectivity index (χ4v) is 1.55. The summed E-state index contributed by atoms with van der Waals surface area (Å²) in [6, 6.07) is 4.87. The average molecular weight is 333 g/mol. The molecule has 0 bridgehead atoms. The third kappa shape index (κ3) is 4.28. The molecule has 0 atom stereocenters. The number of Topliss-reactive ketones (excluding diaryl/α,β-unsaturated/α-hetero) is 1. The van der Waals surface area contributed by atoms with Gasteiger partial charge in [-0.05, 0) is 24.3 Å². The Labute approximate surface area is 127 Å². The van der Waals surface area contributed by atoms with Crippen molar-refractivity contribution in [3.05, 3.63) is 52.0 Å². The van der Waals surface area contributed by atoms with Crippen molar-refractivity contribution in [2.45, 2.75) is 6.18 Å². The zero-order valence-electron chi connectivity index (χ0n) is 11.0. The molecule has 0 saturated heterocycles. The first kappa shape index (κ1) is 17.6. The highest BCUT2D eigenvalue weighted by Crippen LogP contribution is 2.27. The molecule has 0 aliphatic heterocycles. The molecule has 116 valence electrons. The summed E-state index contributed by atoms with van der Waals surface area (Å²) in [4.78, 5) is 25.4. The smallest absolute Gasteiger partial charge is 0.424 e. The maximum absolute atomic E-state index is 13.0. The Morgan fingerprint density at radius 2 is 1.82 bits per heavy atom. The van der Waals surface area contributed by atoms with E-state index in [1.807, 2.05) is 0 Å². The van der Waals surface area contributed by atoms with Crippen molar-refractivity contribution in [2.24, 2.45) is 0 Å². The number of methoxy groups -OCH3 is 1. The van der Waals surface area contributed by atoms with Crippen molar-refractivity contribution in [1.29, 1.82) is 0 Å². The van der Waals surface area contributed by atoms with Gasteiger partial charge in [0, 0.05) is 16.7 Å². The van der Waals surface area contributed by atoms with Crippen molar-refractivity contribution in [2.75, 3.05) is 7.11 Å². The van der Waals surface area contributed by atoms with E-state index in [2.05, 4.69) is 9.53 Å². The molecule has 0 amide bonds. The van der Waals surface area contributed by atoms with Gasteiger partial charge in [-0.15, -0.1) is 0 Å². The van der Waals surface area contributed by atoms with Gasteiger partial charge in [0.15, 0.2) is 5.57 Å². The van der Waals surface area contributed by atoms with E-state index in [0.717, 1.165) is 19.2 Å². The summed E-state index contributed by atoms with van der Waals surface area (Å²) in [7, 11) is 0.865. The molecule has 22 heavy (non-hydrogen) atoms. The highest BCUT2D eigenvalue weighted by Gasteiger charge is 2.45. The number of allylic oxidation sites excluding steroid dienone is 1. The minimum atomic E-state index is -5.10. The van der Waals surface area contributed by atoms with Crippen LogP contribution in [0.15, 0.2) is 35.9 Å². The van der Waals surface area contributed by atoms with Gasteiger partial charge < -0.3 is 10.3 Å². The first-order chi connectivity index (χ1) is 10.2. The lowest BCUT2D eigenvalue weighted by Gasteiger charge is -2.07. The Kier molecular flexibility index (Phi) is 5.62. The van der Waals surface area contributed by atoms with E-state index in [1.54, 1.807) is 0 Å². The van der Waals surface area contributed by atoms with Crippen LogP contribution in [-0.4, -0.2) is 35.5 Å². The lowest BCUT2D eigenvalue weighted by atomic mass is 10.00. The third-order valence-corrected chi connectivity index (χ3v) is 2.70. The van der Waals surface area contributed by atoms with Crippen molar-refractivity contribution in [3.8, 4) is 0 Å². The number of rotatable bonds is 4. The maximum Gasteiger partial charge on any atom is 0.424 e. The standard InChI is InChI=1S/C13H8ClF3N2O3/c1-22-10(20)6-9(13(15,16)17)11(19-18)12(21)7-2-4-8(14)5-3-7/h2-6H,1H3. The van der Waals surface area contributed by atoms with E-state index < -0.39 is 29.2 Å². The number of ketones is 1. The number of hydrogen-bond donors (Lipinski definition) is 0. The number of hydrogen-bond acceptors (Lipinski definition) is 3. The number of carbonyl (C=O) groups excluding carboxylic acids is 2. The van der Waals surface area contributed by atoms with Crippen LogP contribution in [0, 0.1) is 0 Å². The fourth-order valence-electron chi connectivity index (χ4n) is 1.42. The molecule has 1 aromatic rings. The maximum atomic E-state index is 13.0. The number of benzene rings is 1. The molecule has 0 N–H and O–H groups in total. The van der Waals surface area contributed by atoms with Crippen LogP contribution in [0.4, 0.5) is 13.2 Å². The van der Waals surface area contributed by atoms with Gasteiger partial charge >= 0.3 is 17.9 Å². The zero-order chi connectivity index (χ0) is 16.9. The van der Waals surface area contributed by atoms with Gasteiger partial charge in [-0.2, -0.15) is 18.0 Å². The molecule has 0 unspecified atom stereocenters. The molecule has 0 fully saturated rings. The first-order valence-corrected chi connectivity index (χ1v) is 5.98. The molecule has 0 aromatic heterocycles. The van der Waals surface area contributed by atoms with Crippen LogP contribution in [0.2, 0.25) is 5.02 Å². The number of ether oxygens (including phenoxy) is 1. The number of halogens is 4. The van der Waals surface area contributed by atoms with Gasteiger partial charge in [0.2, 0.25) is 0 Å². The molecule has 1 rings (SSSR count). The number of esters is 1. The predicted octanol–water partition coefficient (Wildman–Crippen LogP) is 2.86. The van der Waals surface area contributed by atoms with Gasteiger partial charge in [0.05, 0.1) is 7.11 Å². The van der Waals surface area contributed by atoms with Crippen LogP contribution >= 0.6 is 11.6 Å². The quantitative estimate of drug-likeness (QED) is 0.212. The van der Waals surface area contributed by atoms with Crippen molar-refractivity contribution in [1.82, 2.24) is 0 Å². The Balaban J connectivity index is 3.35. The molecule has 0 aliphatic carbocycles. The molecule has 0 heterocycles. The van der Waals surface area contributed by atoms with Crippen LogP contribution < -0.4 is 0 Å². The number of nitrogens with zero attached hydrogens (tertiary/aromatic N) is 2. The van der Waals surface area contributed by atoms with Crippen molar-refractivity contribution >= 4 is 29.1 Å². The first-order valence-electron chi connectivity index (χ1n) is 5.60. The normalized spacial score (nSPS) is 11.6. The minimum absolute atomic E-state index is 0.0306. The lowest BCUT2D eigenvalue weighted by molar-refractivity contribution is -0.136. The van der Waals surface area contributed by atoms with Crippen molar-refractivity contribution in [3.63, 3.8) is 0 Å². The summed E-state index contributed by atoms with van der Waals surface area (Å²) in [5.74, 6) is -2.58. The van der Waals surface area contributed by atoms with E-state index in [1.165, 1.54) is 12.1 Å². The molecule has 9 heteroatoms. The summed E-state index contributed by atoms with van der Waals surface area (Å²) in [5, 5.41) is 0.264. The highest BCUT2D eigenvalue weighted by atomic mass is 35.5. The van der Waals surface area contributed by atoms with E-state index in [4.69, 9.17) is 17.1 Å². The van der Waals surface area contributed by atoms with Gasteiger partial charge in [-0.1, -0.05) is 11.6 Å². The Bertz CT molecular complexity index is 675. The topological polar surface area (TPSA) is 79.8 Å². The highest BCUT2D eigenvalue weighted by molar-refractivity contribution is 6.50. The van der Waals surface area contributed by atoms with E-state index in [0.29, 0.717) is 0 Å². The van der Waals surface area contributed by atoms with Crippen molar-refractivity contribution < 1.29 is 32.3 Å². The van der Waals surface area contributed by atoms with E-state index >= 15 is 0 Å². The summed E-state index contributed by atoms with van der Waals surface area (Å²) in [6.45, 7) is 0. The molecule has 1 aromatic carbocycles. The summed E-state index contributed by atoms with van der Waals surface area (Å²) in [5.41, 5.74) is 5.53. The van der Waals surface area contributed by atoms with Gasteiger partial charge in [-0.3, -0.25) is 4.79 Å². The van der Waals surface area contributed by atoms with Crippen LogP contribution in [0.3, 0.4) is 0 Å². The summed E-state index contributed by atoms with van der Waals surface area (Å²) >= 11 is 5.61. The summed E-state index contributed by atoms with van der Waals surface area (Å²) in [6.07, 6.45) is -5.07. The van der Waals surface area contributed by atoms with E-state index in [-0.39, 0.29) is 16.7 Å². The molecular formula is C13H8ClF3N2O3. The van der Waals surface area contributed by atoms with Crippen LogP contribution in [0.1, 0.15) is 10.4 Å². The second-order valence-electron chi connectivity index (χ2n) is 3.86. The molecule has 0 aliphatic rings. The molecule has 5 nitrogen and oxygen atoms in total. The van der Waals surface area contributed by atoms with Crippen LogP contribution in [-0.2, 0) is 9.53 Å². The molecule has 0 spiro atoms. The Hall–Kier alpha value is -2.44. The monoisotopic (exact) mass is 332 g/mol. The average Bonchev–Trinajstić information content (AvgIpc) is 2.46. The van der Waals surface area contributed by atoms with Crippen LogP contribution in [0.25, 0.3) is 5.53 Å². The van der Waals surface area contributed by atoms with Gasteiger partial charge in [-0.25, -0.2) is 4.79 Å². The zero-order valence-corrected chi connectivity index (χ0v) is 11.8. The SMILES string of the molecule is COC(=O)C=C(C(=[N+]=[N-])C(=O)c1ccc(Cl)cc1)C(F)(F)F. The molecular weight excluding hydrogens is 325 g/mol. The second kappa shape index (κ2) is 7.02. The van der Waals surface area contributed by atoms with Gasteiger partial charge in [0.1, 0.15) is 0 Å². The lowest BCUT2D eigenvalue weighted by Crippen LogP contribution is -2.28. The van der Waals surface area contributed by atoms with Crippen LogP contribution in [0.5, 0.6) is 0 Å². The van der Waals surface area contributed by atoms with E-state index in [9.17, 15) is 22.8 Å². The summed E-state index contributed by atoms with van der Waals surface area (Å²) < 4.78 is 42.9. The second-order valence-corrected chi connectivity index (χ2v) is 4.30. The Morgan fingerprint density at radius 3 is 2.23 bits per heavy atom. The Morgan fingerprint density at radius 1 is 1.27 bits per heavy atom. The predicted molar refractivity (Wildman–Crippen MR) is 70.6 cm³/mol. The minimum Gasteiger partial charge on any atom is -0.466 e. The molecule has 0 saturated carbocycles. The largest absolute Gasteiger partial charge is 0.466 e. The fraction of sp³-hybridized carbons (Fsp3) is 0.154.